The molecule has 6 nitrogen and oxygen atoms in total. The lowest BCUT2D eigenvalue weighted by atomic mass is 9.86. The number of benzene rings is 2. The van der Waals surface area contributed by atoms with Gasteiger partial charge in [-0.05, 0) is 41.7 Å². The number of halogens is 2. The summed E-state index contributed by atoms with van der Waals surface area (Å²) in [7, 11) is -3.84. The van der Waals surface area contributed by atoms with Crippen molar-refractivity contribution in [3.8, 4) is 5.75 Å². The summed E-state index contributed by atoms with van der Waals surface area (Å²) in [5.74, 6) is -0.417. The fraction of sp³-hybridized carbons (Fsp3) is 0.435. The number of hydrogen-bond donors (Lipinski definition) is 1. The Morgan fingerprint density at radius 2 is 1.88 bits per heavy atom. The molecule has 0 aromatic heterocycles. The summed E-state index contributed by atoms with van der Waals surface area (Å²) in [4.78, 5) is 12.8. The minimum Gasteiger partial charge on any atom is -0.491 e. The number of para-hydroxylation sites is 1. The van der Waals surface area contributed by atoms with Crippen LogP contribution in [0.25, 0.3) is 0 Å². The first-order valence-corrected chi connectivity index (χ1v) is 12.5. The van der Waals surface area contributed by atoms with E-state index in [1.807, 2.05) is 24.3 Å². The maximum absolute atomic E-state index is 13.6. The number of nitrogens with one attached hydrogen (secondary N) is 1. The van der Waals surface area contributed by atoms with Crippen molar-refractivity contribution in [3.05, 3.63) is 58.9 Å². The van der Waals surface area contributed by atoms with Gasteiger partial charge >= 0.3 is 0 Å². The Morgan fingerprint density at radius 1 is 1.22 bits per heavy atom. The van der Waals surface area contributed by atoms with Gasteiger partial charge in [0.05, 0.1) is 23.5 Å². The zero-order valence-corrected chi connectivity index (χ0v) is 20.6. The molecule has 1 amide bonds. The van der Waals surface area contributed by atoms with Crippen LogP contribution in [-0.2, 0) is 20.2 Å². The molecule has 0 saturated heterocycles. The molecule has 1 atom stereocenters. The van der Waals surface area contributed by atoms with Gasteiger partial charge in [0.15, 0.2) is 0 Å². The first kappa shape index (κ1) is 25.9. The molecule has 0 saturated carbocycles. The van der Waals surface area contributed by atoms with Crippen LogP contribution in [0.2, 0.25) is 5.02 Å². The van der Waals surface area contributed by atoms with Crippen LogP contribution in [0.3, 0.4) is 0 Å². The highest BCUT2D eigenvalue weighted by atomic mass is 35.5. The Balaban J connectivity index is 2.11. The van der Waals surface area contributed by atoms with Crippen molar-refractivity contribution < 1.29 is 22.3 Å². The van der Waals surface area contributed by atoms with E-state index in [1.54, 1.807) is 6.92 Å². The molecule has 32 heavy (non-hydrogen) atoms. The molecule has 0 spiro atoms. The van der Waals surface area contributed by atoms with E-state index in [0.29, 0.717) is 0 Å². The van der Waals surface area contributed by atoms with Gasteiger partial charge in [-0.1, -0.05) is 57.5 Å². The van der Waals surface area contributed by atoms with Crippen molar-refractivity contribution >= 4 is 33.2 Å². The second-order valence-corrected chi connectivity index (χ2v) is 10.7. The first-order valence-electron chi connectivity index (χ1n) is 10.3. The van der Waals surface area contributed by atoms with E-state index >= 15 is 0 Å². The number of carbonyl (C=O) groups is 1. The number of hydrogen-bond acceptors (Lipinski definition) is 4. The molecule has 0 radical (unpaired) electrons. The Bertz CT molecular complexity index is 1050. The van der Waals surface area contributed by atoms with E-state index in [0.717, 1.165) is 27.9 Å². The highest BCUT2D eigenvalue weighted by molar-refractivity contribution is 7.92. The largest absolute Gasteiger partial charge is 0.491 e. The smallest absolute Gasteiger partial charge is 0.244 e. The number of rotatable bonds is 9. The summed E-state index contributed by atoms with van der Waals surface area (Å²) >= 11 is 5.83. The average Bonchev–Trinajstić information content (AvgIpc) is 2.70. The molecule has 0 aliphatic rings. The first-order chi connectivity index (χ1) is 14.9. The minimum atomic E-state index is -3.84. The van der Waals surface area contributed by atoms with Crippen LogP contribution >= 0.6 is 11.6 Å². The molecule has 2 aromatic carbocycles. The Kier molecular flexibility index (Phi) is 8.54. The summed E-state index contributed by atoms with van der Waals surface area (Å²) in [5.41, 5.74) is 1.07. The lowest BCUT2D eigenvalue weighted by Crippen LogP contribution is -2.50. The number of ether oxygens (including phenoxy) is 1. The highest BCUT2D eigenvalue weighted by Gasteiger charge is 2.31. The topological polar surface area (TPSA) is 75.7 Å². The summed E-state index contributed by atoms with van der Waals surface area (Å²) in [6.45, 7) is 8.37. The van der Waals surface area contributed by atoms with Crippen LogP contribution in [-0.4, -0.2) is 39.8 Å². The molecule has 0 bridgehead atoms. The predicted octanol–water partition coefficient (Wildman–Crippen LogP) is 4.52. The van der Waals surface area contributed by atoms with E-state index < -0.39 is 27.8 Å². The molecule has 9 heteroatoms. The third-order valence-electron chi connectivity index (χ3n) is 4.84. The van der Waals surface area contributed by atoms with Gasteiger partial charge in [0.25, 0.3) is 0 Å². The van der Waals surface area contributed by atoms with Crippen LogP contribution in [0, 0.1) is 5.82 Å². The molecule has 2 aromatic rings. The third-order valence-corrected chi connectivity index (χ3v) is 6.31. The second kappa shape index (κ2) is 10.5. The lowest BCUT2D eigenvalue weighted by Gasteiger charge is -2.30. The lowest BCUT2D eigenvalue weighted by molar-refractivity contribution is -0.122. The molecule has 0 fully saturated rings. The molecule has 176 valence electrons. The maximum Gasteiger partial charge on any atom is 0.244 e. The third kappa shape index (κ3) is 6.59. The van der Waals surface area contributed by atoms with Crippen molar-refractivity contribution in [2.75, 3.05) is 23.7 Å². The average molecular weight is 485 g/mol. The van der Waals surface area contributed by atoms with Crippen LogP contribution in [0.4, 0.5) is 10.1 Å². The van der Waals surface area contributed by atoms with Crippen LogP contribution in [0.5, 0.6) is 5.75 Å². The quantitative estimate of drug-likeness (QED) is 0.531. The van der Waals surface area contributed by atoms with E-state index in [4.69, 9.17) is 16.3 Å². The molecule has 0 unspecified atom stereocenters. The number of amides is 1. The van der Waals surface area contributed by atoms with Crippen LogP contribution < -0.4 is 14.4 Å². The molecular formula is C23H30ClFN2O4S. The van der Waals surface area contributed by atoms with E-state index in [-0.39, 0.29) is 35.7 Å². The van der Waals surface area contributed by atoms with Gasteiger partial charge in [-0.2, -0.15) is 0 Å². The SMILES string of the molecule is CC[C@@H](C(=O)NCCOc1ccccc1C(C)(C)C)N(c1ccc(F)c(Cl)c1)S(C)(=O)=O. The standard InChI is InChI=1S/C23H30ClFN2O4S/c1-6-20(27(32(5,29)30)16-11-12-19(25)18(24)15-16)22(28)26-13-14-31-21-10-8-7-9-17(21)23(2,3)4/h7-12,15,20H,6,13-14H2,1-5H3,(H,26,28)/t20-/m0/s1. The van der Waals surface area contributed by atoms with Gasteiger partial charge in [0.2, 0.25) is 15.9 Å². The molecular weight excluding hydrogens is 455 g/mol. The monoisotopic (exact) mass is 484 g/mol. The fourth-order valence-corrected chi connectivity index (χ4v) is 4.73. The second-order valence-electron chi connectivity index (χ2n) is 8.47. The summed E-state index contributed by atoms with van der Waals surface area (Å²) in [6, 6.07) is 10.2. The van der Waals surface area contributed by atoms with Crippen molar-refractivity contribution in [2.45, 2.75) is 45.6 Å². The zero-order valence-electron chi connectivity index (χ0n) is 19.0. The normalized spacial score (nSPS) is 12.8. The van der Waals surface area contributed by atoms with Gasteiger partial charge in [-0.25, -0.2) is 12.8 Å². The Hall–Kier alpha value is -2.32. The number of sulfonamides is 1. The Morgan fingerprint density at radius 3 is 2.44 bits per heavy atom. The zero-order chi connectivity index (χ0) is 24.1. The van der Waals surface area contributed by atoms with Gasteiger partial charge < -0.3 is 10.1 Å². The molecule has 0 aliphatic heterocycles. The molecule has 0 aliphatic carbocycles. The molecule has 0 heterocycles. The van der Waals surface area contributed by atoms with E-state index in [1.165, 1.54) is 12.1 Å². The fourth-order valence-electron chi connectivity index (χ4n) is 3.35. The van der Waals surface area contributed by atoms with Gasteiger partial charge in [0.1, 0.15) is 24.2 Å². The van der Waals surface area contributed by atoms with Crippen molar-refractivity contribution in [1.29, 1.82) is 0 Å². The van der Waals surface area contributed by atoms with Gasteiger partial charge in [-0.15, -0.1) is 0 Å². The summed E-state index contributed by atoms with van der Waals surface area (Å²) < 4.78 is 45.3. The number of nitrogens with zero attached hydrogens (tertiary/aromatic N) is 1. The number of carbonyl (C=O) groups excluding carboxylic acids is 1. The predicted molar refractivity (Wildman–Crippen MR) is 126 cm³/mol. The van der Waals surface area contributed by atoms with Gasteiger partial charge in [0, 0.05) is 0 Å². The minimum absolute atomic E-state index is 0.0977. The van der Waals surface area contributed by atoms with E-state index in [9.17, 15) is 17.6 Å². The Labute approximate surface area is 194 Å². The van der Waals surface area contributed by atoms with Gasteiger partial charge in [-0.3, -0.25) is 9.10 Å². The van der Waals surface area contributed by atoms with Crippen LogP contribution in [0.15, 0.2) is 42.5 Å². The molecule has 1 N–H and O–H groups in total. The maximum atomic E-state index is 13.6. The molecule has 2 rings (SSSR count). The highest BCUT2D eigenvalue weighted by Crippen LogP contribution is 2.31. The summed E-state index contributed by atoms with van der Waals surface area (Å²) in [5, 5.41) is 2.51. The number of anilines is 1. The van der Waals surface area contributed by atoms with Crippen molar-refractivity contribution in [2.24, 2.45) is 0 Å². The van der Waals surface area contributed by atoms with Crippen LogP contribution in [0.1, 0.15) is 39.7 Å². The van der Waals surface area contributed by atoms with Crippen molar-refractivity contribution in [3.63, 3.8) is 0 Å². The van der Waals surface area contributed by atoms with E-state index in [2.05, 4.69) is 26.1 Å². The summed E-state index contributed by atoms with van der Waals surface area (Å²) in [6.07, 6.45) is 1.20. The van der Waals surface area contributed by atoms with Crippen molar-refractivity contribution in [1.82, 2.24) is 5.32 Å².